The second-order valence-electron chi connectivity index (χ2n) is 8.75. The van der Waals surface area contributed by atoms with Crippen molar-refractivity contribution in [3.8, 4) is 0 Å². The Balaban J connectivity index is 1.42. The lowest BCUT2D eigenvalue weighted by atomic mass is 9.94. The average Bonchev–Trinajstić information content (AvgIpc) is 3.24. The average molecular weight is 458 g/mol. The molecule has 0 radical (unpaired) electrons. The van der Waals surface area contributed by atoms with Gasteiger partial charge in [-0.25, -0.2) is 9.78 Å². The number of imidazole rings is 1. The molecule has 1 fully saturated rings. The normalized spacial score (nSPS) is 15.0. The van der Waals surface area contributed by atoms with E-state index >= 15 is 0 Å². The van der Waals surface area contributed by atoms with Gasteiger partial charge in [-0.05, 0) is 31.0 Å². The molecule has 0 spiro atoms. The standard InChI is InChI=1S/C26H27N5O3/c1-31(20-10-6-3-7-11-20)23(32)16-34-30-24(17-8-4-2-5-9-17)18-12-13-21-19(14-18)15-22-25(27-21)29-26(33)28-22/h2,4-5,8-9,12-15,20H,3,6-7,10-11,16H2,1H3,(H2,27,28,29,33). The number of benzene rings is 2. The van der Waals surface area contributed by atoms with Crippen molar-refractivity contribution >= 4 is 33.7 Å². The third-order valence-electron chi connectivity index (χ3n) is 6.48. The fraction of sp³-hybridized carbons (Fsp3) is 0.308. The van der Waals surface area contributed by atoms with Gasteiger partial charge in [0.1, 0.15) is 5.71 Å². The first-order chi connectivity index (χ1) is 16.6. The van der Waals surface area contributed by atoms with Gasteiger partial charge in [-0.15, -0.1) is 0 Å². The number of carbonyl (C=O) groups excluding carboxylic acids is 1. The van der Waals surface area contributed by atoms with Gasteiger partial charge in [-0.2, -0.15) is 0 Å². The van der Waals surface area contributed by atoms with Gasteiger partial charge in [0.25, 0.3) is 5.91 Å². The van der Waals surface area contributed by atoms with Crippen molar-refractivity contribution in [1.29, 1.82) is 0 Å². The van der Waals surface area contributed by atoms with Crippen molar-refractivity contribution in [3.05, 3.63) is 76.2 Å². The van der Waals surface area contributed by atoms with E-state index in [-0.39, 0.29) is 24.2 Å². The molecule has 2 aromatic carbocycles. The summed E-state index contributed by atoms with van der Waals surface area (Å²) in [4.78, 5) is 41.7. The first kappa shape index (κ1) is 21.9. The summed E-state index contributed by atoms with van der Waals surface area (Å²) in [7, 11) is 1.85. The minimum atomic E-state index is -0.291. The number of rotatable bonds is 6. The maximum atomic E-state index is 12.7. The maximum Gasteiger partial charge on any atom is 0.325 e. The Bertz CT molecular complexity index is 1400. The smallest absolute Gasteiger partial charge is 0.325 e. The third-order valence-corrected chi connectivity index (χ3v) is 6.48. The van der Waals surface area contributed by atoms with Crippen LogP contribution in [0.5, 0.6) is 0 Å². The van der Waals surface area contributed by atoms with Gasteiger partial charge < -0.3 is 14.7 Å². The molecule has 2 heterocycles. The first-order valence-electron chi connectivity index (χ1n) is 11.6. The number of amides is 1. The Morgan fingerprint density at radius 1 is 1.06 bits per heavy atom. The molecule has 0 aliphatic heterocycles. The number of hydrogen-bond donors (Lipinski definition) is 2. The van der Waals surface area contributed by atoms with Crippen LogP contribution in [0, 0.1) is 0 Å². The Kier molecular flexibility index (Phi) is 6.12. The molecule has 1 aliphatic carbocycles. The van der Waals surface area contributed by atoms with E-state index in [1.54, 1.807) is 0 Å². The Morgan fingerprint density at radius 2 is 1.85 bits per heavy atom. The topological polar surface area (TPSA) is 103 Å². The van der Waals surface area contributed by atoms with Crippen LogP contribution < -0.4 is 5.69 Å². The second-order valence-corrected chi connectivity index (χ2v) is 8.75. The number of aromatic nitrogens is 3. The monoisotopic (exact) mass is 457 g/mol. The summed E-state index contributed by atoms with van der Waals surface area (Å²) in [6.07, 6.45) is 5.67. The highest BCUT2D eigenvalue weighted by molar-refractivity contribution is 6.14. The quantitative estimate of drug-likeness (QED) is 0.338. The molecule has 1 saturated carbocycles. The number of aromatic amines is 2. The van der Waals surface area contributed by atoms with Crippen LogP contribution in [0.1, 0.15) is 43.2 Å². The van der Waals surface area contributed by atoms with Crippen LogP contribution in [-0.2, 0) is 9.63 Å². The Morgan fingerprint density at radius 3 is 2.65 bits per heavy atom. The predicted octanol–water partition coefficient (Wildman–Crippen LogP) is 3.96. The van der Waals surface area contributed by atoms with E-state index in [4.69, 9.17) is 4.84 Å². The molecule has 8 heteroatoms. The predicted molar refractivity (Wildman–Crippen MR) is 132 cm³/mol. The SMILES string of the molecule is CN(C(=O)CON=C(c1ccccc1)c1ccc2nc3[nH]c(=O)[nH]c3cc2c1)C1CCCCC1. The molecule has 4 aromatic rings. The van der Waals surface area contributed by atoms with Gasteiger partial charge in [0.2, 0.25) is 0 Å². The zero-order valence-corrected chi connectivity index (χ0v) is 19.1. The third kappa shape index (κ3) is 4.57. The van der Waals surface area contributed by atoms with Crippen LogP contribution >= 0.6 is 0 Å². The summed E-state index contributed by atoms with van der Waals surface area (Å²) in [6.45, 7) is -0.107. The fourth-order valence-corrected chi connectivity index (χ4v) is 4.57. The number of nitrogens with one attached hydrogen (secondary N) is 2. The van der Waals surface area contributed by atoms with Gasteiger partial charge in [-0.3, -0.25) is 9.78 Å². The number of oxime groups is 1. The van der Waals surface area contributed by atoms with E-state index in [2.05, 4.69) is 20.1 Å². The van der Waals surface area contributed by atoms with E-state index in [0.29, 0.717) is 16.9 Å². The van der Waals surface area contributed by atoms with Crippen molar-refractivity contribution in [1.82, 2.24) is 19.9 Å². The van der Waals surface area contributed by atoms with Crippen molar-refractivity contribution < 1.29 is 9.63 Å². The molecular formula is C26H27N5O3. The van der Waals surface area contributed by atoms with Crippen LogP contribution in [0.4, 0.5) is 0 Å². The number of nitrogens with zero attached hydrogens (tertiary/aromatic N) is 3. The van der Waals surface area contributed by atoms with E-state index < -0.39 is 0 Å². The molecule has 2 N–H and O–H groups in total. The molecule has 1 aliphatic rings. The molecule has 5 rings (SSSR count). The molecular weight excluding hydrogens is 430 g/mol. The van der Waals surface area contributed by atoms with Crippen molar-refractivity contribution in [3.63, 3.8) is 0 Å². The molecule has 8 nitrogen and oxygen atoms in total. The van der Waals surface area contributed by atoms with E-state index in [1.165, 1.54) is 19.3 Å². The lowest BCUT2D eigenvalue weighted by Gasteiger charge is -2.30. The minimum Gasteiger partial charge on any atom is -0.385 e. The molecule has 174 valence electrons. The van der Waals surface area contributed by atoms with Crippen molar-refractivity contribution in [2.24, 2.45) is 5.16 Å². The number of hydrogen-bond acceptors (Lipinski definition) is 5. The fourth-order valence-electron chi connectivity index (χ4n) is 4.57. The van der Waals surface area contributed by atoms with Gasteiger partial charge in [-0.1, -0.05) is 60.8 Å². The first-order valence-corrected chi connectivity index (χ1v) is 11.6. The molecule has 1 amide bonds. The summed E-state index contributed by atoms with van der Waals surface area (Å²) < 4.78 is 0. The van der Waals surface area contributed by atoms with Crippen LogP contribution in [0.3, 0.4) is 0 Å². The highest BCUT2D eigenvalue weighted by Gasteiger charge is 2.22. The summed E-state index contributed by atoms with van der Waals surface area (Å²) in [5, 5.41) is 5.25. The Hall–Kier alpha value is -3.94. The van der Waals surface area contributed by atoms with E-state index in [9.17, 15) is 9.59 Å². The van der Waals surface area contributed by atoms with Gasteiger partial charge in [0.15, 0.2) is 12.3 Å². The lowest BCUT2D eigenvalue weighted by Crippen LogP contribution is -2.40. The van der Waals surface area contributed by atoms with Crippen LogP contribution in [0.25, 0.3) is 22.1 Å². The summed E-state index contributed by atoms with van der Waals surface area (Å²) >= 11 is 0. The van der Waals surface area contributed by atoms with Gasteiger partial charge in [0.05, 0.1) is 11.0 Å². The van der Waals surface area contributed by atoms with Crippen LogP contribution in [0.2, 0.25) is 0 Å². The number of carbonyl (C=O) groups is 1. The van der Waals surface area contributed by atoms with Crippen molar-refractivity contribution in [2.75, 3.05) is 13.7 Å². The van der Waals surface area contributed by atoms with Gasteiger partial charge >= 0.3 is 5.69 Å². The number of fused-ring (bicyclic) bond motifs is 2. The zero-order valence-electron chi connectivity index (χ0n) is 19.1. The highest BCUT2D eigenvalue weighted by Crippen LogP contribution is 2.22. The van der Waals surface area contributed by atoms with E-state index in [0.717, 1.165) is 34.9 Å². The summed E-state index contributed by atoms with van der Waals surface area (Å²) in [6, 6.07) is 17.6. The molecule has 0 bridgehead atoms. The van der Waals surface area contributed by atoms with Crippen LogP contribution in [0.15, 0.2) is 64.5 Å². The lowest BCUT2D eigenvalue weighted by molar-refractivity contribution is -0.137. The minimum absolute atomic E-state index is 0.0652. The maximum absolute atomic E-state index is 12.7. The highest BCUT2D eigenvalue weighted by atomic mass is 16.6. The summed E-state index contributed by atoms with van der Waals surface area (Å²) in [5.41, 5.74) is 3.94. The molecule has 2 aromatic heterocycles. The van der Waals surface area contributed by atoms with E-state index in [1.807, 2.05) is 66.5 Å². The molecule has 0 atom stereocenters. The van der Waals surface area contributed by atoms with Crippen molar-refractivity contribution in [2.45, 2.75) is 38.1 Å². The second kappa shape index (κ2) is 9.51. The Labute approximate surface area is 196 Å². The van der Waals surface area contributed by atoms with Gasteiger partial charge in [0, 0.05) is 29.6 Å². The zero-order chi connectivity index (χ0) is 23.5. The number of pyridine rings is 1. The molecule has 0 saturated heterocycles. The summed E-state index contributed by atoms with van der Waals surface area (Å²) in [5.74, 6) is -0.0652. The number of H-pyrrole nitrogens is 2. The largest absolute Gasteiger partial charge is 0.385 e. The molecule has 34 heavy (non-hydrogen) atoms. The van der Waals surface area contributed by atoms with Crippen LogP contribution in [-0.4, -0.2) is 51.2 Å². The number of likely N-dealkylation sites (N-methyl/N-ethyl adjacent to an activating group) is 1. The molecule has 0 unspecified atom stereocenters.